The normalized spacial score (nSPS) is 40.7. The number of carbonyl (C=O) groups excluding carboxylic acids is 1. The van der Waals surface area contributed by atoms with Gasteiger partial charge in [-0.3, -0.25) is 4.79 Å². The molecule has 2 aliphatic rings. The average molecular weight is 254 g/mol. The predicted molar refractivity (Wildman–Crippen MR) is 71.2 cm³/mol. The van der Waals surface area contributed by atoms with Gasteiger partial charge in [-0.05, 0) is 50.5 Å². The van der Waals surface area contributed by atoms with Gasteiger partial charge in [0.2, 0.25) is 5.91 Å². The zero-order valence-corrected chi connectivity index (χ0v) is 11.5. The molecule has 0 aromatic heterocycles. The summed E-state index contributed by atoms with van der Waals surface area (Å²) in [6.07, 6.45) is 5.04. The summed E-state index contributed by atoms with van der Waals surface area (Å²) >= 11 is 0. The van der Waals surface area contributed by atoms with Crippen molar-refractivity contribution in [1.29, 1.82) is 0 Å². The number of rotatable bonds is 3. The van der Waals surface area contributed by atoms with E-state index in [1.165, 1.54) is 0 Å². The van der Waals surface area contributed by atoms with Gasteiger partial charge in [-0.25, -0.2) is 0 Å². The summed E-state index contributed by atoms with van der Waals surface area (Å²) in [4.78, 5) is 12.3. The average Bonchev–Trinajstić information content (AvgIpc) is 2.79. The Morgan fingerprint density at radius 3 is 2.50 bits per heavy atom. The quantitative estimate of drug-likeness (QED) is 0.705. The first-order valence-corrected chi connectivity index (χ1v) is 7.22. The molecule has 2 unspecified atom stereocenters. The molecule has 0 bridgehead atoms. The number of aliphatic hydroxyl groups is 1. The molecule has 1 saturated heterocycles. The number of hydrogen-bond acceptors (Lipinski definition) is 3. The Hall–Kier alpha value is -0.610. The van der Waals surface area contributed by atoms with E-state index in [9.17, 15) is 9.90 Å². The van der Waals surface area contributed by atoms with Crippen molar-refractivity contribution in [3.63, 3.8) is 0 Å². The Labute approximate surface area is 110 Å². The third kappa shape index (κ3) is 2.86. The number of carbonyl (C=O) groups is 1. The fraction of sp³-hybridized carbons (Fsp3) is 0.929. The Balaban J connectivity index is 1.95. The number of hydrogen-bond donors (Lipinski definition) is 3. The molecule has 1 aliphatic carbocycles. The van der Waals surface area contributed by atoms with Crippen molar-refractivity contribution in [1.82, 2.24) is 10.6 Å². The summed E-state index contributed by atoms with van der Waals surface area (Å²) in [5.74, 6) is 1.18. The Morgan fingerprint density at radius 1 is 1.33 bits per heavy atom. The highest BCUT2D eigenvalue weighted by Gasteiger charge is 2.38. The third-order valence-corrected chi connectivity index (χ3v) is 4.74. The Morgan fingerprint density at radius 2 is 2.00 bits per heavy atom. The van der Waals surface area contributed by atoms with Crippen molar-refractivity contribution >= 4 is 5.91 Å². The van der Waals surface area contributed by atoms with Crippen molar-refractivity contribution in [2.24, 2.45) is 11.8 Å². The van der Waals surface area contributed by atoms with Crippen molar-refractivity contribution in [3.8, 4) is 0 Å². The highest BCUT2D eigenvalue weighted by atomic mass is 16.3. The van der Waals surface area contributed by atoms with E-state index >= 15 is 0 Å². The van der Waals surface area contributed by atoms with E-state index < -0.39 is 0 Å². The van der Waals surface area contributed by atoms with Gasteiger partial charge in [-0.2, -0.15) is 0 Å². The SMILES string of the molecule is CC1CCC(CO)(NC(=O)C2NCCC2C)CC1. The van der Waals surface area contributed by atoms with Crippen LogP contribution in [-0.2, 0) is 4.79 Å². The standard InChI is InChI=1S/C14H26N2O2/c1-10-3-6-14(9-17,7-4-10)16-13(18)12-11(2)5-8-15-12/h10-12,15,17H,3-9H2,1-2H3,(H,16,18). The van der Waals surface area contributed by atoms with E-state index in [1.807, 2.05) is 0 Å². The molecule has 18 heavy (non-hydrogen) atoms. The van der Waals surface area contributed by atoms with Gasteiger partial charge in [0.25, 0.3) is 0 Å². The molecule has 1 aliphatic heterocycles. The zero-order valence-electron chi connectivity index (χ0n) is 11.5. The molecular weight excluding hydrogens is 228 g/mol. The minimum atomic E-state index is -0.367. The van der Waals surface area contributed by atoms with Crippen LogP contribution in [0.2, 0.25) is 0 Å². The molecule has 104 valence electrons. The van der Waals surface area contributed by atoms with Crippen molar-refractivity contribution < 1.29 is 9.90 Å². The van der Waals surface area contributed by atoms with Crippen LogP contribution in [0.3, 0.4) is 0 Å². The van der Waals surface area contributed by atoms with Crippen LogP contribution < -0.4 is 10.6 Å². The summed E-state index contributed by atoms with van der Waals surface area (Å²) < 4.78 is 0. The molecule has 2 atom stereocenters. The maximum absolute atomic E-state index is 12.3. The molecular formula is C14H26N2O2. The van der Waals surface area contributed by atoms with Crippen LogP contribution in [0, 0.1) is 11.8 Å². The van der Waals surface area contributed by atoms with E-state index in [0.717, 1.165) is 38.6 Å². The first-order chi connectivity index (χ1) is 8.56. The lowest BCUT2D eigenvalue weighted by atomic mass is 9.77. The summed E-state index contributed by atoms with van der Waals surface area (Å²) in [5, 5.41) is 16.0. The van der Waals surface area contributed by atoms with Gasteiger partial charge in [0, 0.05) is 0 Å². The van der Waals surface area contributed by atoms with Crippen LogP contribution in [0.4, 0.5) is 0 Å². The molecule has 0 radical (unpaired) electrons. The molecule has 4 nitrogen and oxygen atoms in total. The Bertz CT molecular complexity index is 298. The second kappa shape index (κ2) is 5.57. The monoisotopic (exact) mass is 254 g/mol. The second-order valence-electron chi connectivity index (χ2n) is 6.31. The lowest BCUT2D eigenvalue weighted by Gasteiger charge is -2.39. The number of nitrogens with one attached hydrogen (secondary N) is 2. The van der Waals surface area contributed by atoms with Crippen LogP contribution in [0.15, 0.2) is 0 Å². The van der Waals surface area contributed by atoms with Crippen LogP contribution in [0.1, 0.15) is 46.0 Å². The first kappa shape index (κ1) is 13.8. The molecule has 0 aromatic rings. The summed E-state index contributed by atoms with van der Waals surface area (Å²) in [6.45, 7) is 5.33. The van der Waals surface area contributed by atoms with Gasteiger partial charge >= 0.3 is 0 Å². The first-order valence-electron chi connectivity index (χ1n) is 7.22. The molecule has 3 N–H and O–H groups in total. The van der Waals surface area contributed by atoms with Crippen molar-refractivity contribution in [3.05, 3.63) is 0 Å². The topological polar surface area (TPSA) is 61.4 Å². The van der Waals surface area contributed by atoms with Crippen LogP contribution >= 0.6 is 0 Å². The molecule has 1 amide bonds. The van der Waals surface area contributed by atoms with Gasteiger partial charge in [-0.15, -0.1) is 0 Å². The highest BCUT2D eigenvalue weighted by Crippen LogP contribution is 2.32. The fourth-order valence-electron chi connectivity index (χ4n) is 3.16. The van der Waals surface area contributed by atoms with Crippen molar-refractivity contribution in [2.75, 3.05) is 13.2 Å². The molecule has 0 aromatic carbocycles. The maximum atomic E-state index is 12.3. The van der Waals surface area contributed by atoms with E-state index in [4.69, 9.17) is 0 Å². The van der Waals surface area contributed by atoms with Crippen LogP contribution in [-0.4, -0.2) is 35.7 Å². The van der Waals surface area contributed by atoms with Gasteiger partial charge in [0.15, 0.2) is 0 Å². The molecule has 1 saturated carbocycles. The third-order valence-electron chi connectivity index (χ3n) is 4.74. The largest absolute Gasteiger partial charge is 0.394 e. The van der Waals surface area contributed by atoms with Gasteiger partial charge in [0.1, 0.15) is 0 Å². The lowest BCUT2D eigenvalue weighted by molar-refractivity contribution is -0.126. The molecule has 2 rings (SSSR count). The van der Waals surface area contributed by atoms with Gasteiger partial charge in [0.05, 0.1) is 18.2 Å². The number of amides is 1. The van der Waals surface area contributed by atoms with E-state index in [1.54, 1.807) is 0 Å². The summed E-state index contributed by atoms with van der Waals surface area (Å²) in [5.41, 5.74) is -0.367. The summed E-state index contributed by atoms with van der Waals surface area (Å²) in [6, 6.07) is -0.0761. The maximum Gasteiger partial charge on any atom is 0.237 e. The molecule has 4 heteroatoms. The van der Waals surface area contributed by atoms with Gasteiger partial charge < -0.3 is 15.7 Å². The minimum absolute atomic E-state index is 0.0621. The highest BCUT2D eigenvalue weighted by molar-refractivity contribution is 5.83. The smallest absolute Gasteiger partial charge is 0.237 e. The molecule has 2 fully saturated rings. The van der Waals surface area contributed by atoms with E-state index in [-0.39, 0.29) is 24.1 Å². The van der Waals surface area contributed by atoms with E-state index in [0.29, 0.717) is 11.8 Å². The fourth-order valence-corrected chi connectivity index (χ4v) is 3.16. The second-order valence-corrected chi connectivity index (χ2v) is 6.31. The van der Waals surface area contributed by atoms with Gasteiger partial charge in [-0.1, -0.05) is 13.8 Å². The van der Waals surface area contributed by atoms with E-state index in [2.05, 4.69) is 24.5 Å². The predicted octanol–water partition coefficient (Wildman–Crippen LogP) is 1.04. The van der Waals surface area contributed by atoms with Crippen LogP contribution in [0.25, 0.3) is 0 Å². The number of aliphatic hydroxyl groups excluding tert-OH is 1. The Kier molecular flexibility index (Phi) is 4.28. The van der Waals surface area contributed by atoms with Crippen LogP contribution in [0.5, 0.6) is 0 Å². The lowest BCUT2D eigenvalue weighted by Crippen LogP contribution is -2.57. The zero-order chi connectivity index (χ0) is 13.2. The molecule has 0 spiro atoms. The minimum Gasteiger partial charge on any atom is -0.394 e. The van der Waals surface area contributed by atoms with Crippen molar-refractivity contribution in [2.45, 2.75) is 57.5 Å². The molecule has 1 heterocycles. The summed E-state index contributed by atoms with van der Waals surface area (Å²) in [7, 11) is 0.